The van der Waals surface area contributed by atoms with E-state index in [1.165, 1.54) is 18.2 Å². The predicted octanol–water partition coefficient (Wildman–Crippen LogP) is 3.99. The molecule has 0 aliphatic rings. The van der Waals surface area contributed by atoms with Gasteiger partial charge in [-0.1, -0.05) is 15.9 Å². The first kappa shape index (κ1) is 14.9. The van der Waals surface area contributed by atoms with Crippen LogP contribution in [0.5, 0.6) is 11.5 Å². The van der Waals surface area contributed by atoms with Gasteiger partial charge >= 0.3 is 11.7 Å². The van der Waals surface area contributed by atoms with Crippen molar-refractivity contribution in [2.45, 2.75) is 0 Å². The summed E-state index contributed by atoms with van der Waals surface area (Å²) >= 11 is 3.11. The summed E-state index contributed by atoms with van der Waals surface area (Å²) in [6.45, 7) is 0. The molecule has 0 aromatic heterocycles. The van der Waals surface area contributed by atoms with Crippen LogP contribution in [0.15, 0.2) is 40.9 Å². The molecule has 0 radical (unpaired) electrons. The van der Waals surface area contributed by atoms with Gasteiger partial charge in [-0.05, 0) is 24.3 Å². The van der Waals surface area contributed by atoms with Crippen molar-refractivity contribution in [1.82, 2.24) is 0 Å². The van der Waals surface area contributed by atoms with Crippen molar-refractivity contribution >= 4 is 27.6 Å². The standard InChI is InChI=1S/C13H7BrFNO5/c14-8-3-7(13(17)18)4-10(5-8)21-12-6-9(15)1-2-11(12)16(19)20/h1-6H,(H,17,18). The summed E-state index contributed by atoms with van der Waals surface area (Å²) in [6.07, 6.45) is 0. The van der Waals surface area contributed by atoms with Crippen LogP contribution in [0, 0.1) is 15.9 Å². The number of carboxylic acids is 1. The van der Waals surface area contributed by atoms with Crippen LogP contribution in [-0.2, 0) is 0 Å². The monoisotopic (exact) mass is 355 g/mol. The number of carboxylic acid groups (broad SMARTS) is 1. The molecule has 0 aliphatic carbocycles. The number of nitrogens with zero attached hydrogens (tertiary/aromatic N) is 1. The smallest absolute Gasteiger partial charge is 0.335 e. The molecule has 21 heavy (non-hydrogen) atoms. The molecule has 0 bridgehead atoms. The molecule has 108 valence electrons. The largest absolute Gasteiger partial charge is 0.478 e. The average molecular weight is 356 g/mol. The van der Waals surface area contributed by atoms with Gasteiger partial charge in [0.15, 0.2) is 0 Å². The Morgan fingerprint density at radius 3 is 2.62 bits per heavy atom. The number of hydrogen-bond acceptors (Lipinski definition) is 4. The lowest BCUT2D eigenvalue weighted by atomic mass is 10.2. The van der Waals surface area contributed by atoms with E-state index in [1.54, 1.807) is 0 Å². The third-order valence-corrected chi connectivity index (χ3v) is 2.92. The quantitative estimate of drug-likeness (QED) is 0.661. The minimum Gasteiger partial charge on any atom is -0.478 e. The second-order valence-corrected chi connectivity index (χ2v) is 4.87. The van der Waals surface area contributed by atoms with Gasteiger partial charge in [0.25, 0.3) is 0 Å². The Kier molecular flexibility index (Phi) is 4.18. The van der Waals surface area contributed by atoms with Gasteiger partial charge in [0.2, 0.25) is 5.75 Å². The average Bonchev–Trinajstić information content (AvgIpc) is 2.37. The van der Waals surface area contributed by atoms with E-state index < -0.39 is 22.4 Å². The van der Waals surface area contributed by atoms with Crippen LogP contribution in [0.3, 0.4) is 0 Å². The molecule has 0 aliphatic heterocycles. The number of ether oxygens (including phenoxy) is 1. The molecule has 2 aromatic rings. The Hall–Kier alpha value is -2.48. The molecule has 0 amide bonds. The number of aromatic carboxylic acids is 1. The van der Waals surface area contributed by atoms with Crippen LogP contribution in [0.2, 0.25) is 0 Å². The van der Waals surface area contributed by atoms with Gasteiger partial charge in [-0.2, -0.15) is 0 Å². The van der Waals surface area contributed by atoms with Crippen LogP contribution in [0.1, 0.15) is 10.4 Å². The SMILES string of the molecule is O=C(O)c1cc(Br)cc(Oc2cc(F)ccc2[N+](=O)[O-])c1. The maximum absolute atomic E-state index is 13.2. The summed E-state index contributed by atoms with van der Waals surface area (Å²) in [5.74, 6) is -2.16. The predicted molar refractivity (Wildman–Crippen MR) is 74.2 cm³/mol. The lowest BCUT2D eigenvalue weighted by Crippen LogP contribution is -1.98. The van der Waals surface area contributed by atoms with Crippen molar-refractivity contribution in [1.29, 1.82) is 0 Å². The van der Waals surface area contributed by atoms with E-state index in [0.717, 1.165) is 18.2 Å². The summed E-state index contributed by atoms with van der Waals surface area (Å²) in [4.78, 5) is 21.1. The highest BCUT2D eigenvalue weighted by Gasteiger charge is 2.17. The minimum atomic E-state index is -1.19. The fraction of sp³-hybridized carbons (Fsp3) is 0. The zero-order chi connectivity index (χ0) is 15.6. The lowest BCUT2D eigenvalue weighted by Gasteiger charge is -2.08. The molecule has 8 heteroatoms. The summed E-state index contributed by atoms with van der Waals surface area (Å²) in [5.41, 5.74) is -0.494. The Bertz CT molecular complexity index is 734. The second kappa shape index (κ2) is 5.88. The molecule has 0 atom stereocenters. The number of benzene rings is 2. The number of halogens is 2. The van der Waals surface area contributed by atoms with Gasteiger partial charge < -0.3 is 9.84 Å². The van der Waals surface area contributed by atoms with E-state index >= 15 is 0 Å². The Morgan fingerprint density at radius 1 is 1.29 bits per heavy atom. The minimum absolute atomic E-state index is 0.0375. The molecule has 1 N–H and O–H groups in total. The van der Waals surface area contributed by atoms with E-state index in [2.05, 4.69) is 15.9 Å². The van der Waals surface area contributed by atoms with Crippen molar-refractivity contribution < 1.29 is 24.0 Å². The van der Waals surface area contributed by atoms with Crippen LogP contribution >= 0.6 is 15.9 Å². The van der Waals surface area contributed by atoms with Crippen LogP contribution in [0.4, 0.5) is 10.1 Å². The van der Waals surface area contributed by atoms with E-state index in [1.807, 2.05) is 0 Å². The van der Waals surface area contributed by atoms with Gasteiger partial charge in [-0.3, -0.25) is 10.1 Å². The topological polar surface area (TPSA) is 89.7 Å². The van der Waals surface area contributed by atoms with Gasteiger partial charge in [0, 0.05) is 16.6 Å². The Labute approximate surface area is 126 Å². The molecular weight excluding hydrogens is 349 g/mol. The first-order valence-electron chi connectivity index (χ1n) is 5.52. The summed E-state index contributed by atoms with van der Waals surface area (Å²) in [5, 5.41) is 19.8. The molecule has 6 nitrogen and oxygen atoms in total. The van der Waals surface area contributed by atoms with E-state index in [9.17, 15) is 19.3 Å². The molecule has 2 aromatic carbocycles. The van der Waals surface area contributed by atoms with Crippen LogP contribution in [-0.4, -0.2) is 16.0 Å². The first-order chi connectivity index (χ1) is 9.86. The fourth-order valence-electron chi connectivity index (χ4n) is 1.59. The maximum Gasteiger partial charge on any atom is 0.335 e. The highest BCUT2D eigenvalue weighted by molar-refractivity contribution is 9.10. The Morgan fingerprint density at radius 2 is 2.00 bits per heavy atom. The molecule has 2 rings (SSSR count). The van der Waals surface area contributed by atoms with Crippen molar-refractivity contribution in [2.24, 2.45) is 0 Å². The van der Waals surface area contributed by atoms with Crippen LogP contribution < -0.4 is 4.74 Å². The summed E-state index contributed by atoms with van der Waals surface area (Å²) in [6, 6.07) is 6.72. The Balaban J connectivity index is 2.45. The summed E-state index contributed by atoms with van der Waals surface area (Å²) < 4.78 is 18.9. The number of nitro groups is 1. The van der Waals surface area contributed by atoms with E-state index in [4.69, 9.17) is 9.84 Å². The molecule has 0 heterocycles. The highest BCUT2D eigenvalue weighted by atomic mass is 79.9. The van der Waals surface area contributed by atoms with Gasteiger partial charge in [0.05, 0.1) is 10.5 Å². The zero-order valence-electron chi connectivity index (χ0n) is 10.2. The second-order valence-electron chi connectivity index (χ2n) is 3.95. The highest BCUT2D eigenvalue weighted by Crippen LogP contribution is 2.33. The van der Waals surface area contributed by atoms with E-state index in [-0.39, 0.29) is 17.1 Å². The van der Waals surface area contributed by atoms with Gasteiger partial charge in [0.1, 0.15) is 11.6 Å². The molecule has 0 saturated carbocycles. The van der Waals surface area contributed by atoms with Crippen LogP contribution in [0.25, 0.3) is 0 Å². The zero-order valence-corrected chi connectivity index (χ0v) is 11.8. The third-order valence-electron chi connectivity index (χ3n) is 2.46. The number of carbonyl (C=O) groups is 1. The normalized spacial score (nSPS) is 10.2. The number of nitro benzene ring substituents is 1. The first-order valence-corrected chi connectivity index (χ1v) is 6.32. The molecular formula is C13H7BrFNO5. The third kappa shape index (κ3) is 3.54. The number of rotatable bonds is 4. The maximum atomic E-state index is 13.2. The molecule has 0 spiro atoms. The molecule has 0 fully saturated rings. The fourth-order valence-corrected chi connectivity index (χ4v) is 2.06. The summed E-state index contributed by atoms with van der Waals surface area (Å²) in [7, 11) is 0. The van der Waals surface area contributed by atoms with Crippen molar-refractivity contribution in [3.63, 3.8) is 0 Å². The van der Waals surface area contributed by atoms with Gasteiger partial charge in [-0.25, -0.2) is 9.18 Å². The van der Waals surface area contributed by atoms with Crippen molar-refractivity contribution in [3.8, 4) is 11.5 Å². The van der Waals surface area contributed by atoms with E-state index in [0.29, 0.717) is 4.47 Å². The molecule has 0 unspecified atom stereocenters. The van der Waals surface area contributed by atoms with Crippen molar-refractivity contribution in [3.05, 3.63) is 62.4 Å². The van der Waals surface area contributed by atoms with Gasteiger partial charge in [-0.15, -0.1) is 0 Å². The molecule has 0 saturated heterocycles. The lowest BCUT2D eigenvalue weighted by molar-refractivity contribution is -0.385. The number of hydrogen-bond donors (Lipinski definition) is 1. The van der Waals surface area contributed by atoms with Crippen molar-refractivity contribution in [2.75, 3.05) is 0 Å².